The fraction of sp³-hybridized carbons (Fsp3) is 0.500. The Morgan fingerprint density at radius 3 is 2.85 bits per heavy atom. The van der Waals surface area contributed by atoms with Crippen LogP contribution in [-0.2, 0) is 13.5 Å². The van der Waals surface area contributed by atoms with Crippen molar-refractivity contribution in [3.8, 4) is 0 Å². The van der Waals surface area contributed by atoms with Crippen molar-refractivity contribution in [2.24, 2.45) is 7.05 Å². The van der Waals surface area contributed by atoms with Crippen LogP contribution in [0.2, 0.25) is 0 Å². The van der Waals surface area contributed by atoms with Gasteiger partial charge in [0.05, 0.1) is 7.05 Å². The van der Waals surface area contributed by atoms with Gasteiger partial charge in [-0.3, -0.25) is 0 Å². The van der Waals surface area contributed by atoms with Crippen LogP contribution in [0.25, 0.3) is 0 Å². The minimum absolute atomic E-state index is 0.188. The molecule has 1 heterocycles. The smallest absolute Gasteiger partial charge is 0.176 e. The average molecular weight is 338 g/mol. The summed E-state index contributed by atoms with van der Waals surface area (Å²) in [4.78, 5) is 1.50. The highest BCUT2D eigenvalue weighted by Gasteiger charge is 2.17. The molecular weight excluding hydrogens is 318 g/mol. The van der Waals surface area contributed by atoms with E-state index in [2.05, 4.69) is 68.7 Å². The van der Waals surface area contributed by atoms with E-state index in [4.69, 9.17) is 0 Å². The van der Waals surface area contributed by atoms with E-state index in [0.29, 0.717) is 0 Å². The van der Waals surface area contributed by atoms with E-state index >= 15 is 0 Å². The van der Waals surface area contributed by atoms with E-state index in [1.807, 2.05) is 0 Å². The first kappa shape index (κ1) is 15.1. The Hall–Kier alpha value is -1.27. The van der Waals surface area contributed by atoms with Crippen LogP contribution in [0.4, 0.5) is 0 Å². The van der Waals surface area contributed by atoms with Crippen LogP contribution in [0.3, 0.4) is 0 Å². The van der Waals surface area contributed by atoms with Gasteiger partial charge in [0.15, 0.2) is 5.82 Å². The molecule has 1 N–H and O–H groups in total. The van der Waals surface area contributed by atoms with Crippen molar-refractivity contribution in [1.29, 1.82) is 0 Å². The molecule has 0 aliphatic heterocycles. The van der Waals surface area contributed by atoms with Gasteiger partial charge in [-0.25, -0.2) is 0 Å². The molecule has 2 aromatic rings. The third-order valence-electron chi connectivity index (χ3n) is 3.10. The maximum absolute atomic E-state index is 4.28. The van der Waals surface area contributed by atoms with Crippen molar-refractivity contribution in [2.45, 2.75) is 32.7 Å². The predicted molar refractivity (Wildman–Crippen MR) is 82.4 cm³/mol. The van der Waals surface area contributed by atoms with Gasteiger partial charge in [0.2, 0.25) is 0 Å². The van der Waals surface area contributed by atoms with Crippen molar-refractivity contribution < 1.29 is 0 Å². The maximum Gasteiger partial charge on any atom is 0.176 e. The van der Waals surface area contributed by atoms with Gasteiger partial charge in [-0.05, 0) is 36.7 Å². The highest BCUT2D eigenvalue weighted by atomic mass is 79.9. The van der Waals surface area contributed by atoms with Crippen LogP contribution in [-0.4, -0.2) is 26.8 Å². The van der Waals surface area contributed by atoms with Crippen LogP contribution in [0.15, 0.2) is 22.7 Å². The van der Waals surface area contributed by atoms with E-state index in [0.717, 1.165) is 29.7 Å². The highest BCUT2D eigenvalue weighted by molar-refractivity contribution is 9.10. The minimum atomic E-state index is 0.188. The number of rotatable bonds is 6. The molecule has 1 unspecified atom stereocenters. The van der Waals surface area contributed by atoms with E-state index in [1.54, 1.807) is 7.05 Å². The quantitative estimate of drug-likeness (QED) is 0.880. The van der Waals surface area contributed by atoms with Gasteiger partial charge in [0.25, 0.3) is 0 Å². The fourth-order valence-corrected chi connectivity index (χ4v) is 2.65. The zero-order valence-electron chi connectivity index (χ0n) is 12.1. The molecule has 0 amide bonds. The molecule has 1 aromatic carbocycles. The Kier molecular flexibility index (Phi) is 5.25. The third-order valence-corrected chi connectivity index (χ3v) is 3.83. The first-order chi connectivity index (χ1) is 9.60. The predicted octanol–water partition coefficient (Wildman–Crippen LogP) is 2.56. The molecule has 0 aliphatic carbocycles. The summed E-state index contributed by atoms with van der Waals surface area (Å²) in [5.41, 5.74) is 2.49. The van der Waals surface area contributed by atoms with E-state index in [-0.39, 0.29) is 6.04 Å². The molecule has 0 aliphatic rings. The largest absolute Gasteiger partial charge is 0.310 e. The van der Waals surface area contributed by atoms with E-state index < -0.39 is 0 Å². The van der Waals surface area contributed by atoms with Gasteiger partial charge in [-0.2, -0.15) is 4.80 Å². The summed E-state index contributed by atoms with van der Waals surface area (Å²) in [6, 6.07) is 6.59. The van der Waals surface area contributed by atoms with Crippen molar-refractivity contribution in [3.05, 3.63) is 39.6 Å². The lowest BCUT2D eigenvalue weighted by Gasteiger charge is -2.19. The average Bonchev–Trinajstić information content (AvgIpc) is 2.83. The molecule has 0 saturated carbocycles. The topological polar surface area (TPSA) is 55.6 Å². The fourth-order valence-electron chi connectivity index (χ4n) is 2.13. The maximum atomic E-state index is 4.28. The lowest BCUT2D eigenvalue weighted by atomic mass is 10.0. The number of halogens is 1. The molecule has 20 heavy (non-hydrogen) atoms. The van der Waals surface area contributed by atoms with Crippen molar-refractivity contribution in [3.63, 3.8) is 0 Å². The molecule has 1 atom stereocenters. The number of hydrogen-bond donors (Lipinski definition) is 1. The molecule has 0 spiro atoms. The Labute approximate surface area is 127 Å². The molecule has 108 valence electrons. The summed E-state index contributed by atoms with van der Waals surface area (Å²) in [5, 5.41) is 15.8. The van der Waals surface area contributed by atoms with Gasteiger partial charge < -0.3 is 5.32 Å². The molecular formula is C14H20BrN5. The molecule has 0 fully saturated rings. The number of nitrogens with zero attached hydrogens (tertiary/aromatic N) is 4. The monoisotopic (exact) mass is 337 g/mol. The highest BCUT2D eigenvalue weighted by Crippen LogP contribution is 2.26. The van der Waals surface area contributed by atoms with E-state index in [9.17, 15) is 0 Å². The zero-order valence-corrected chi connectivity index (χ0v) is 13.7. The number of aromatic nitrogens is 4. The zero-order chi connectivity index (χ0) is 14.5. The molecule has 0 bridgehead atoms. The first-order valence-corrected chi connectivity index (χ1v) is 7.61. The van der Waals surface area contributed by atoms with Gasteiger partial charge in [-0.1, -0.05) is 40.5 Å². The number of aryl methyl sites for hydroxylation is 2. The number of benzene rings is 1. The SMILES string of the molecule is CCCNC(Cc1nnn(C)n1)c1cc(C)ccc1Br. The van der Waals surface area contributed by atoms with Gasteiger partial charge >= 0.3 is 0 Å². The summed E-state index contributed by atoms with van der Waals surface area (Å²) in [5.74, 6) is 0.759. The van der Waals surface area contributed by atoms with Crippen LogP contribution < -0.4 is 5.32 Å². The lowest BCUT2D eigenvalue weighted by Crippen LogP contribution is -2.25. The molecule has 2 rings (SSSR count). The molecule has 5 nitrogen and oxygen atoms in total. The second-order valence-corrected chi connectivity index (χ2v) is 5.79. The normalized spacial score (nSPS) is 12.6. The van der Waals surface area contributed by atoms with Gasteiger partial charge in [0, 0.05) is 16.9 Å². The minimum Gasteiger partial charge on any atom is -0.310 e. The van der Waals surface area contributed by atoms with Crippen molar-refractivity contribution in [1.82, 2.24) is 25.5 Å². The molecule has 0 radical (unpaired) electrons. The van der Waals surface area contributed by atoms with Crippen molar-refractivity contribution in [2.75, 3.05) is 6.54 Å². The Bertz CT molecular complexity index is 566. The number of hydrogen-bond acceptors (Lipinski definition) is 4. The van der Waals surface area contributed by atoms with Crippen LogP contribution in [0.1, 0.15) is 36.3 Å². The van der Waals surface area contributed by atoms with Crippen molar-refractivity contribution >= 4 is 15.9 Å². The van der Waals surface area contributed by atoms with E-state index in [1.165, 1.54) is 15.9 Å². The van der Waals surface area contributed by atoms with Crippen LogP contribution in [0, 0.1) is 6.92 Å². The second-order valence-electron chi connectivity index (χ2n) is 4.93. The Balaban J connectivity index is 2.24. The number of nitrogens with one attached hydrogen (secondary N) is 1. The van der Waals surface area contributed by atoms with Crippen LogP contribution >= 0.6 is 15.9 Å². The van der Waals surface area contributed by atoms with Gasteiger partial charge in [-0.15, -0.1) is 10.2 Å². The summed E-state index contributed by atoms with van der Waals surface area (Å²) >= 11 is 3.64. The molecule has 6 heteroatoms. The van der Waals surface area contributed by atoms with Gasteiger partial charge in [0.1, 0.15) is 0 Å². The summed E-state index contributed by atoms with van der Waals surface area (Å²) < 4.78 is 1.11. The summed E-state index contributed by atoms with van der Waals surface area (Å²) in [6.45, 7) is 5.23. The standard InChI is InChI=1S/C14H20BrN5/c1-4-7-16-13(9-14-17-19-20(3)18-14)11-8-10(2)5-6-12(11)15/h5-6,8,13,16H,4,7,9H2,1-3H3. The lowest BCUT2D eigenvalue weighted by molar-refractivity contribution is 0.515. The number of tetrazole rings is 1. The summed E-state index contributed by atoms with van der Waals surface area (Å²) in [7, 11) is 1.79. The Morgan fingerprint density at radius 1 is 1.40 bits per heavy atom. The summed E-state index contributed by atoms with van der Waals surface area (Å²) in [6.07, 6.45) is 1.82. The molecule has 0 saturated heterocycles. The Morgan fingerprint density at radius 2 is 2.20 bits per heavy atom. The third kappa shape index (κ3) is 3.86. The molecule has 1 aromatic heterocycles. The second kappa shape index (κ2) is 6.95. The first-order valence-electron chi connectivity index (χ1n) is 6.82. The van der Waals surface area contributed by atoms with Crippen LogP contribution in [0.5, 0.6) is 0 Å².